The molecule has 0 bridgehead atoms. The van der Waals surface area contributed by atoms with Crippen LogP contribution in [0.25, 0.3) is 0 Å². The second-order valence-corrected chi connectivity index (χ2v) is 3.50. The van der Waals surface area contributed by atoms with E-state index in [1.165, 1.54) is 17.8 Å². The number of nitrogen functional groups attached to an aromatic ring is 1. The summed E-state index contributed by atoms with van der Waals surface area (Å²) in [5, 5.41) is 9.22. The van der Waals surface area contributed by atoms with Gasteiger partial charge in [0.15, 0.2) is 0 Å². The molecule has 0 aliphatic heterocycles. The number of carbonyl (C=O) groups excluding carboxylic acids is 2. The van der Waals surface area contributed by atoms with Gasteiger partial charge in [0.25, 0.3) is 5.91 Å². The highest BCUT2D eigenvalue weighted by atomic mass is 16.2. The number of nitrogens with two attached hydrogens (primary N) is 1. The van der Waals surface area contributed by atoms with Gasteiger partial charge in [-0.1, -0.05) is 0 Å². The Labute approximate surface area is 99.4 Å². The normalized spacial score (nSPS) is 10.0. The molecule has 0 saturated carbocycles. The maximum absolute atomic E-state index is 11.8. The zero-order valence-corrected chi connectivity index (χ0v) is 9.99. The first-order chi connectivity index (χ1) is 8.06. The third-order valence-corrected chi connectivity index (χ3v) is 2.17. The number of anilines is 1. The van der Waals surface area contributed by atoms with E-state index in [2.05, 4.69) is 15.7 Å². The van der Waals surface area contributed by atoms with Crippen LogP contribution in [0.3, 0.4) is 0 Å². The van der Waals surface area contributed by atoms with E-state index in [4.69, 9.17) is 5.73 Å². The summed E-state index contributed by atoms with van der Waals surface area (Å²) in [5.41, 5.74) is 6.36. The van der Waals surface area contributed by atoms with Crippen LogP contribution in [0.5, 0.6) is 0 Å². The smallest absolute Gasteiger partial charge is 0.271 e. The van der Waals surface area contributed by atoms with E-state index in [-0.39, 0.29) is 11.8 Å². The van der Waals surface area contributed by atoms with E-state index in [0.29, 0.717) is 31.0 Å². The minimum Gasteiger partial charge on any atom is -0.396 e. The Morgan fingerprint density at radius 2 is 2.06 bits per heavy atom. The Kier molecular flexibility index (Phi) is 4.50. The zero-order chi connectivity index (χ0) is 12.8. The molecular weight excluding hydrogens is 222 g/mol. The summed E-state index contributed by atoms with van der Waals surface area (Å²) in [5.74, 6) is -0.412. The van der Waals surface area contributed by atoms with Crippen molar-refractivity contribution in [1.29, 1.82) is 0 Å². The van der Waals surface area contributed by atoms with Gasteiger partial charge >= 0.3 is 0 Å². The Balaban J connectivity index is 2.52. The molecule has 0 aliphatic carbocycles. The molecule has 0 spiro atoms. The molecule has 0 atom stereocenters. The third-order valence-electron chi connectivity index (χ3n) is 2.17. The molecule has 4 N–H and O–H groups in total. The lowest BCUT2D eigenvalue weighted by Crippen LogP contribution is -2.34. The minimum absolute atomic E-state index is 0.127. The predicted molar refractivity (Wildman–Crippen MR) is 63.3 cm³/mol. The van der Waals surface area contributed by atoms with Crippen molar-refractivity contribution in [1.82, 2.24) is 20.4 Å². The molecule has 0 saturated heterocycles. The van der Waals surface area contributed by atoms with Gasteiger partial charge in [0, 0.05) is 26.6 Å². The highest BCUT2D eigenvalue weighted by Crippen LogP contribution is 2.09. The monoisotopic (exact) mass is 239 g/mol. The maximum Gasteiger partial charge on any atom is 0.271 e. The van der Waals surface area contributed by atoms with Crippen LogP contribution in [0.2, 0.25) is 0 Å². The molecule has 0 fully saturated rings. The Hall–Kier alpha value is -2.05. The van der Waals surface area contributed by atoms with Crippen molar-refractivity contribution >= 4 is 17.5 Å². The molecule has 0 unspecified atom stereocenters. The summed E-state index contributed by atoms with van der Waals surface area (Å²) >= 11 is 0. The summed E-state index contributed by atoms with van der Waals surface area (Å²) < 4.78 is 1.53. The zero-order valence-electron chi connectivity index (χ0n) is 9.99. The fourth-order valence-corrected chi connectivity index (χ4v) is 1.39. The van der Waals surface area contributed by atoms with Gasteiger partial charge in [-0.25, -0.2) is 0 Å². The number of nitrogens with one attached hydrogen (secondary N) is 2. The summed E-state index contributed by atoms with van der Waals surface area (Å²) in [4.78, 5) is 22.4. The molecule has 7 nitrogen and oxygen atoms in total. The molecule has 1 aromatic heterocycles. The van der Waals surface area contributed by atoms with E-state index >= 15 is 0 Å². The molecule has 2 amide bonds. The average molecular weight is 239 g/mol. The highest BCUT2D eigenvalue weighted by molar-refractivity contribution is 5.97. The van der Waals surface area contributed by atoms with Crippen molar-refractivity contribution < 1.29 is 9.59 Å². The number of carbonyl (C=O) groups is 2. The first kappa shape index (κ1) is 13.0. The van der Waals surface area contributed by atoms with Crippen LogP contribution < -0.4 is 16.4 Å². The molecular formula is C10H17N5O2. The largest absolute Gasteiger partial charge is 0.396 e. The number of aromatic nitrogens is 2. The first-order valence-electron chi connectivity index (χ1n) is 5.40. The van der Waals surface area contributed by atoms with Gasteiger partial charge in [0.05, 0.1) is 11.9 Å². The third kappa shape index (κ3) is 3.47. The van der Waals surface area contributed by atoms with E-state index in [1.54, 1.807) is 0 Å². The Morgan fingerprint density at radius 3 is 2.65 bits per heavy atom. The van der Waals surface area contributed by atoms with E-state index in [9.17, 15) is 9.59 Å². The van der Waals surface area contributed by atoms with Gasteiger partial charge in [-0.2, -0.15) is 5.10 Å². The molecule has 1 aromatic rings. The van der Waals surface area contributed by atoms with Gasteiger partial charge in [0.2, 0.25) is 5.91 Å². The van der Waals surface area contributed by atoms with Crippen molar-refractivity contribution in [2.45, 2.75) is 20.4 Å². The number of rotatable bonds is 5. The summed E-state index contributed by atoms with van der Waals surface area (Å²) in [6.07, 6.45) is 1.45. The molecule has 17 heavy (non-hydrogen) atoms. The number of hydrogen-bond donors (Lipinski definition) is 3. The second-order valence-electron chi connectivity index (χ2n) is 3.50. The van der Waals surface area contributed by atoms with Gasteiger partial charge in [-0.15, -0.1) is 0 Å². The number of aryl methyl sites for hydroxylation is 1. The van der Waals surface area contributed by atoms with Crippen molar-refractivity contribution in [2.24, 2.45) is 0 Å². The van der Waals surface area contributed by atoms with E-state index < -0.39 is 0 Å². The van der Waals surface area contributed by atoms with Crippen LogP contribution in [0.15, 0.2) is 6.20 Å². The average Bonchev–Trinajstić information content (AvgIpc) is 2.65. The summed E-state index contributed by atoms with van der Waals surface area (Å²) in [6.45, 7) is 4.62. The first-order valence-corrected chi connectivity index (χ1v) is 5.40. The molecule has 0 radical (unpaired) electrons. The molecule has 1 heterocycles. The summed E-state index contributed by atoms with van der Waals surface area (Å²) in [7, 11) is 0. The topological polar surface area (TPSA) is 102 Å². The van der Waals surface area contributed by atoms with Crippen molar-refractivity contribution in [3.05, 3.63) is 11.9 Å². The van der Waals surface area contributed by atoms with Gasteiger partial charge in [-0.05, 0) is 6.92 Å². The quantitative estimate of drug-likeness (QED) is 0.594. The lowest BCUT2D eigenvalue weighted by Gasteiger charge is -2.07. The van der Waals surface area contributed by atoms with Gasteiger partial charge < -0.3 is 16.4 Å². The highest BCUT2D eigenvalue weighted by Gasteiger charge is 2.15. The lowest BCUT2D eigenvalue weighted by atomic mass is 10.3. The summed E-state index contributed by atoms with van der Waals surface area (Å²) in [6, 6.07) is 0. The number of amides is 2. The van der Waals surface area contributed by atoms with Gasteiger partial charge in [-0.3, -0.25) is 14.3 Å². The van der Waals surface area contributed by atoms with Crippen LogP contribution in [0, 0.1) is 0 Å². The molecule has 0 aliphatic rings. The lowest BCUT2D eigenvalue weighted by molar-refractivity contribution is -0.118. The number of nitrogens with zero attached hydrogens (tertiary/aromatic N) is 2. The molecule has 94 valence electrons. The second kappa shape index (κ2) is 5.88. The standard InChI is InChI=1S/C10H17N5O2/c1-3-15-9(8(11)6-14-15)10(17)13-5-4-12-7(2)16/h6H,3-5,11H2,1-2H3,(H,12,16)(H,13,17). The number of hydrogen-bond acceptors (Lipinski definition) is 4. The van der Waals surface area contributed by atoms with Crippen molar-refractivity contribution in [2.75, 3.05) is 18.8 Å². The van der Waals surface area contributed by atoms with Crippen LogP contribution in [0.4, 0.5) is 5.69 Å². The van der Waals surface area contributed by atoms with Crippen LogP contribution in [-0.2, 0) is 11.3 Å². The maximum atomic E-state index is 11.8. The molecule has 7 heteroatoms. The fourth-order valence-electron chi connectivity index (χ4n) is 1.39. The minimum atomic E-state index is -0.285. The Bertz CT molecular complexity index is 413. The predicted octanol–water partition coefficient (Wildman–Crippen LogP) is -0.649. The van der Waals surface area contributed by atoms with E-state index in [1.807, 2.05) is 6.92 Å². The van der Waals surface area contributed by atoms with Crippen LogP contribution in [0.1, 0.15) is 24.3 Å². The van der Waals surface area contributed by atoms with Crippen LogP contribution >= 0.6 is 0 Å². The molecule has 1 rings (SSSR count). The Morgan fingerprint density at radius 1 is 1.41 bits per heavy atom. The van der Waals surface area contributed by atoms with Crippen LogP contribution in [-0.4, -0.2) is 34.7 Å². The fraction of sp³-hybridized carbons (Fsp3) is 0.500. The van der Waals surface area contributed by atoms with Crippen molar-refractivity contribution in [3.8, 4) is 0 Å². The van der Waals surface area contributed by atoms with E-state index in [0.717, 1.165) is 0 Å². The SMILES string of the molecule is CCn1ncc(N)c1C(=O)NCCNC(C)=O. The van der Waals surface area contributed by atoms with Crippen molar-refractivity contribution in [3.63, 3.8) is 0 Å². The van der Waals surface area contributed by atoms with Gasteiger partial charge in [0.1, 0.15) is 5.69 Å². The molecule has 0 aromatic carbocycles.